The lowest BCUT2D eigenvalue weighted by atomic mass is 10.1. The Balaban J connectivity index is 1.37. The molecule has 1 aliphatic rings. The van der Waals surface area contributed by atoms with Crippen LogP contribution in [0.25, 0.3) is 5.69 Å². The first-order valence-corrected chi connectivity index (χ1v) is 12.6. The number of aryl methyl sites for hydroxylation is 2. The van der Waals surface area contributed by atoms with E-state index in [1.807, 2.05) is 40.6 Å². The van der Waals surface area contributed by atoms with Crippen LogP contribution >= 0.6 is 35.1 Å². The van der Waals surface area contributed by atoms with Crippen molar-refractivity contribution in [2.45, 2.75) is 19.0 Å². The Bertz CT molecular complexity index is 1080. The second-order valence-electron chi connectivity index (χ2n) is 7.35. The number of halogens is 1. The number of aromatic nitrogens is 3. The number of carbonyl (C=O) groups excluding carboxylic acids is 1. The zero-order valence-electron chi connectivity index (χ0n) is 17.5. The highest BCUT2D eigenvalue weighted by Crippen LogP contribution is 2.31. The quantitative estimate of drug-likeness (QED) is 0.518. The fraction of sp³-hybridized carbons (Fsp3) is 0.318. The minimum atomic E-state index is -0.113. The first-order valence-electron chi connectivity index (χ1n) is 10.0. The Hall–Kier alpha value is -2.16. The molecule has 2 aromatic carbocycles. The smallest absolute Gasteiger partial charge is 0.234 e. The lowest BCUT2D eigenvalue weighted by molar-refractivity contribution is -0.113. The van der Waals surface area contributed by atoms with E-state index in [1.165, 1.54) is 22.9 Å². The molecule has 0 unspecified atom stereocenters. The lowest BCUT2D eigenvalue weighted by Crippen LogP contribution is -2.32. The van der Waals surface area contributed by atoms with Crippen molar-refractivity contribution in [3.8, 4) is 5.69 Å². The number of thioether (sulfide) groups is 2. The first-order chi connectivity index (χ1) is 15.0. The molecule has 0 spiro atoms. The van der Waals surface area contributed by atoms with Gasteiger partial charge in [0.25, 0.3) is 0 Å². The van der Waals surface area contributed by atoms with Crippen LogP contribution in [-0.4, -0.2) is 51.0 Å². The third-order valence-corrected chi connectivity index (χ3v) is 7.39. The summed E-state index contributed by atoms with van der Waals surface area (Å²) in [5.74, 6) is 2.34. The number of amides is 1. The number of hydrogen-bond donors (Lipinski definition) is 1. The summed E-state index contributed by atoms with van der Waals surface area (Å²) in [6, 6.07) is 11.9. The Morgan fingerprint density at radius 3 is 2.71 bits per heavy atom. The van der Waals surface area contributed by atoms with E-state index in [1.54, 1.807) is 6.33 Å². The zero-order chi connectivity index (χ0) is 21.8. The molecule has 1 fully saturated rings. The van der Waals surface area contributed by atoms with E-state index < -0.39 is 0 Å². The number of nitrogens with one attached hydrogen (secondary N) is 1. The maximum Gasteiger partial charge on any atom is 0.234 e. The van der Waals surface area contributed by atoms with Crippen molar-refractivity contribution >= 4 is 52.4 Å². The summed E-state index contributed by atoms with van der Waals surface area (Å²) < 4.78 is 1.90. The molecule has 3 aromatic rings. The summed E-state index contributed by atoms with van der Waals surface area (Å²) in [6.07, 6.45) is 1.67. The first kappa shape index (κ1) is 22.0. The van der Waals surface area contributed by atoms with Gasteiger partial charge in [-0.15, -0.1) is 10.2 Å². The molecule has 162 valence electrons. The lowest BCUT2D eigenvalue weighted by Gasteiger charge is -2.29. The van der Waals surface area contributed by atoms with Crippen LogP contribution in [0.4, 0.5) is 11.4 Å². The minimum absolute atomic E-state index is 0.113. The van der Waals surface area contributed by atoms with Gasteiger partial charge in [-0.2, -0.15) is 11.8 Å². The molecular formula is C22H24ClN5OS2. The number of rotatable bonds is 6. The fourth-order valence-electron chi connectivity index (χ4n) is 3.35. The topological polar surface area (TPSA) is 63.1 Å². The van der Waals surface area contributed by atoms with E-state index >= 15 is 0 Å². The molecule has 1 amide bonds. The number of carbonyl (C=O) groups is 1. The summed E-state index contributed by atoms with van der Waals surface area (Å²) >= 11 is 9.80. The van der Waals surface area contributed by atoms with Crippen LogP contribution in [0.5, 0.6) is 0 Å². The van der Waals surface area contributed by atoms with Gasteiger partial charge in [0.15, 0.2) is 5.16 Å². The molecule has 9 heteroatoms. The van der Waals surface area contributed by atoms with E-state index in [9.17, 15) is 4.79 Å². The van der Waals surface area contributed by atoms with Gasteiger partial charge in [0.05, 0.1) is 16.5 Å². The molecular weight excluding hydrogens is 450 g/mol. The van der Waals surface area contributed by atoms with E-state index in [0.29, 0.717) is 15.9 Å². The van der Waals surface area contributed by atoms with Crippen molar-refractivity contribution in [3.63, 3.8) is 0 Å². The second kappa shape index (κ2) is 9.97. The van der Waals surface area contributed by atoms with Crippen LogP contribution in [0.15, 0.2) is 47.9 Å². The maximum atomic E-state index is 12.5. The average Bonchev–Trinajstić information content (AvgIpc) is 3.24. The van der Waals surface area contributed by atoms with Crippen LogP contribution in [0, 0.1) is 13.8 Å². The van der Waals surface area contributed by atoms with Gasteiger partial charge in [0.2, 0.25) is 5.91 Å². The van der Waals surface area contributed by atoms with Gasteiger partial charge in [-0.3, -0.25) is 9.36 Å². The van der Waals surface area contributed by atoms with E-state index in [4.69, 9.17) is 11.6 Å². The Labute approximate surface area is 195 Å². The summed E-state index contributed by atoms with van der Waals surface area (Å²) in [5.41, 5.74) is 5.13. The van der Waals surface area contributed by atoms with Crippen molar-refractivity contribution < 1.29 is 4.79 Å². The predicted molar refractivity (Wildman–Crippen MR) is 131 cm³/mol. The number of hydrogen-bond acceptors (Lipinski definition) is 6. The second-order valence-corrected chi connectivity index (χ2v) is 9.93. The largest absolute Gasteiger partial charge is 0.369 e. The van der Waals surface area contributed by atoms with Gasteiger partial charge in [0.1, 0.15) is 6.33 Å². The maximum absolute atomic E-state index is 12.5. The molecule has 2 heterocycles. The summed E-state index contributed by atoms with van der Waals surface area (Å²) in [5, 5.41) is 12.4. The molecule has 0 bridgehead atoms. The monoisotopic (exact) mass is 473 g/mol. The standard InChI is InChI=1S/C22H24ClN5OS2/c1-15-3-5-18(11-16(15)2)28-14-24-26-22(28)31-13-21(29)25-17-4-6-20(19(23)12-17)27-7-9-30-10-8-27/h3-6,11-12,14H,7-10,13H2,1-2H3,(H,25,29). The predicted octanol–water partition coefficient (Wildman–Crippen LogP) is 4.82. The molecule has 0 aliphatic carbocycles. The summed E-state index contributed by atoms with van der Waals surface area (Å²) in [7, 11) is 0. The van der Waals surface area contributed by atoms with E-state index in [0.717, 1.165) is 36.0 Å². The van der Waals surface area contributed by atoms with Crippen LogP contribution in [0.2, 0.25) is 5.02 Å². The van der Waals surface area contributed by atoms with Crippen LogP contribution in [-0.2, 0) is 4.79 Å². The molecule has 4 rings (SSSR count). The third kappa shape index (κ3) is 5.37. The van der Waals surface area contributed by atoms with Crippen LogP contribution < -0.4 is 10.2 Å². The Morgan fingerprint density at radius 1 is 1.16 bits per heavy atom. The van der Waals surface area contributed by atoms with E-state index in [-0.39, 0.29) is 11.7 Å². The van der Waals surface area contributed by atoms with E-state index in [2.05, 4.69) is 46.4 Å². The van der Waals surface area contributed by atoms with Crippen molar-refractivity contribution in [1.82, 2.24) is 14.8 Å². The van der Waals surface area contributed by atoms with Crippen LogP contribution in [0.3, 0.4) is 0 Å². The molecule has 1 N–H and O–H groups in total. The van der Waals surface area contributed by atoms with Crippen LogP contribution in [0.1, 0.15) is 11.1 Å². The van der Waals surface area contributed by atoms with Gasteiger partial charge < -0.3 is 10.2 Å². The van der Waals surface area contributed by atoms with Gasteiger partial charge >= 0.3 is 0 Å². The van der Waals surface area contributed by atoms with Crippen molar-refractivity contribution in [3.05, 3.63) is 58.9 Å². The average molecular weight is 474 g/mol. The normalized spacial score (nSPS) is 14.0. The number of benzene rings is 2. The summed E-state index contributed by atoms with van der Waals surface area (Å²) in [6.45, 7) is 6.14. The number of anilines is 2. The summed E-state index contributed by atoms with van der Waals surface area (Å²) in [4.78, 5) is 14.8. The number of nitrogens with zero attached hydrogens (tertiary/aromatic N) is 4. The molecule has 0 saturated carbocycles. The molecule has 1 saturated heterocycles. The third-order valence-electron chi connectivity index (χ3n) is 5.20. The van der Waals surface area contributed by atoms with Gasteiger partial charge in [-0.1, -0.05) is 29.4 Å². The van der Waals surface area contributed by atoms with Gasteiger partial charge in [0, 0.05) is 36.0 Å². The molecule has 0 radical (unpaired) electrons. The SMILES string of the molecule is Cc1ccc(-n2cnnc2SCC(=O)Nc2ccc(N3CCSCC3)c(Cl)c2)cc1C. The molecule has 6 nitrogen and oxygen atoms in total. The molecule has 0 atom stereocenters. The highest BCUT2D eigenvalue weighted by atomic mass is 35.5. The molecule has 1 aliphatic heterocycles. The highest BCUT2D eigenvalue weighted by molar-refractivity contribution is 7.99. The van der Waals surface area contributed by atoms with Gasteiger partial charge in [-0.25, -0.2) is 0 Å². The highest BCUT2D eigenvalue weighted by Gasteiger charge is 2.15. The molecule has 31 heavy (non-hydrogen) atoms. The Morgan fingerprint density at radius 2 is 1.97 bits per heavy atom. The van der Waals surface area contributed by atoms with Crippen molar-refractivity contribution in [2.75, 3.05) is 40.6 Å². The van der Waals surface area contributed by atoms with Crippen molar-refractivity contribution in [2.24, 2.45) is 0 Å². The molecule has 1 aromatic heterocycles. The fourth-order valence-corrected chi connectivity index (χ4v) is 5.28. The minimum Gasteiger partial charge on any atom is -0.369 e. The van der Waals surface area contributed by atoms with Crippen molar-refractivity contribution in [1.29, 1.82) is 0 Å². The van der Waals surface area contributed by atoms with Gasteiger partial charge in [-0.05, 0) is 55.3 Å². The Kier molecular flexibility index (Phi) is 7.09. The zero-order valence-corrected chi connectivity index (χ0v) is 19.9.